The molecule has 0 aliphatic carbocycles. The molecule has 3 aromatic carbocycles. The van der Waals surface area contributed by atoms with Crippen molar-refractivity contribution in [1.82, 2.24) is 0 Å². The van der Waals surface area contributed by atoms with Crippen molar-refractivity contribution in [2.75, 3.05) is 0 Å². The van der Waals surface area contributed by atoms with Gasteiger partial charge in [-0.15, -0.1) is 0 Å². The van der Waals surface area contributed by atoms with Gasteiger partial charge in [0.05, 0.1) is 0 Å². The van der Waals surface area contributed by atoms with E-state index < -0.39 is 0 Å². The molecule has 0 N–H and O–H groups in total. The van der Waals surface area contributed by atoms with Crippen LogP contribution in [0.15, 0.2) is 0 Å². The molecule has 3 rings (SSSR count). The van der Waals surface area contributed by atoms with Crippen molar-refractivity contribution >= 4 is 0 Å². The van der Waals surface area contributed by atoms with E-state index in [0.717, 1.165) is 0 Å². The van der Waals surface area contributed by atoms with Crippen LogP contribution in [-0.2, 0) is 33.6 Å². The van der Waals surface area contributed by atoms with Gasteiger partial charge in [-0.1, -0.05) is 104 Å². The Labute approximate surface area is 220 Å². The van der Waals surface area contributed by atoms with Crippen LogP contribution in [0.25, 0.3) is 0 Å². The average Bonchev–Trinajstić information content (AvgIpc) is 3.09. The van der Waals surface area contributed by atoms with Gasteiger partial charge in [-0.3, -0.25) is 0 Å². The Morgan fingerprint density at radius 1 is 0.281 bits per heavy atom. The van der Waals surface area contributed by atoms with E-state index in [1.807, 2.05) is 0 Å². The van der Waals surface area contributed by atoms with E-state index in [0.29, 0.717) is 0 Å². The maximum absolute atomic E-state index is 2.20. The van der Waals surface area contributed by atoms with Crippen LogP contribution in [0.2, 0.25) is 0 Å². The summed E-state index contributed by atoms with van der Waals surface area (Å²) in [5, 5.41) is 0. The smallest absolute Gasteiger partial charge is 0 e. The molecular weight excluding hydrogens is 478 g/mol. The second-order valence-electron chi connectivity index (χ2n) is 9.38. The third-order valence-electron chi connectivity index (χ3n) is 8.44. The summed E-state index contributed by atoms with van der Waals surface area (Å²) < 4.78 is 0. The Hall–Kier alpha value is -0.937. The summed E-state index contributed by atoms with van der Waals surface area (Å²) in [5.74, 6) is 0. The van der Waals surface area contributed by atoms with Crippen LogP contribution in [0.1, 0.15) is 83.5 Å². The average molecular weight is 524 g/mol. The molecule has 2 heteroatoms. The molecule has 0 amide bonds. The van der Waals surface area contributed by atoms with Crippen LogP contribution < -0.4 is 0 Å². The molecule has 0 atom stereocenters. The van der Waals surface area contributed by atoms with Crippen LogP contribution in [0, 0.1) is 104 Å². The second kappa shape index (κ2) is 13.1. The zero-order valence-electron chi connectivity index (χ0n) is 23.2. The van der Waals surface area contributed by atoms with Gasteiger partial charge in [0.1, 0.15) is 0 Å². The molecular formula is C30H45Co2-3. The van der Waals surface area contributed by atoms with Crippen molar-refractivity contribution in [3.63, 3.8) is 0 Å². The fourth-order valence-corrected chi connectivity index (χ4v) is 4.22. The maximum Gasteiger partial charge on any atom is 0 e. The molecule has 0 unspecified atom stereocenters. The van der Waals surface area contributed by atoms with E-state index in [1.165, 1.54) is 83.5 Å². The first-order valence-corrected chi connectivity index (χ1v) is 11.2. The Bertz CT molecular complexity index is 658. The Morgan fingerprint density at radius 2 is 0.375 bits per heavy atom. The van der Waals surface area contributed by atoms with Gasteiger partial charge in [-0.2, -0.15) is 83.5 Å². The first-order valence-electron chi connectivity index (χ1n) is 11.2. The van der Waals surface area contributed by atoms with E-state index in [9.17, 15) is 0 Å². The molecule has 0 aromatic heterocycles. The van der Waals surface area contributed by atoms with E-state index in [4.69, 9.17) is 0 Å². The van der Waals surface area contributed by atoms with E-state index >= 15 is 0 Å². The molecule has 0 saturated heterocycles. The van der Waals surface area contributed by atoms with Gasteiger partial charge in [0.15, 0.2) is 0 Å². The Balaban J connectivity index is 0. The number of hydrogen-bond acceptors (Lipinski definition) is 0. The third kappa shape index (κ3) is 6.56. The molecule has 0 fully saturated rings. The molecule has 3 aromatic rings. The number of hydrogen-bond donors (Lipinski definition) is 0. The predicted molar refractivity (Wildman–Crippen MR) is 137 cm³/mol. The van der Waals surface area contributed by atoms with Crippen LogP contribution in [0.4, 0.5) is 0 Å². The number of rotatable bonds is 0. The van der Waals surface area contributed by atoms with Crippen LogP contribution >= 0.6 is 0 Å². The summed E-state index contributed by atoms with van der Waals surface area (Å²) in [7, 11) is 0. The topological polar surface area (TPSA) is 0 Å². The van der Waals surface area contributed by atoms with Crippen molar-refractivity contribution in [3.05, 3.63) is 83.5 Å². The third-order valence-corrected chi connectivity index (χ3v) is 8.44. The standard InChI is InChI=1S/3C10H15.2Co/c3*1-6-7(2)9(4)10(5)8(6)3;;/h3*1-5H3;;/q3*-1;;. The molecule has 0 aliphatic heterocycles. The zero-order chi connectivity index (χ0) is 23.7. The molecule has 32 heavy (non-hydrogen) atoms. The minimum atomic E-state index is 0. The predicted octanol–water partition coefficient (Wildman–Crippen LogP) is 8.84. The fourth-order valence-electron chi connectivity index (χ4n) is 4.22. The summed E-state index contributed by atoms with van der Waals surface area (Å²) in [4.78, 5) is 0. The van der Waals surface area contributed by atoms with E-state index in [2.05, 4.69) is 104 Å². The van der Waals surface area contributed by atoms with Gasteiger partial charge in [0.25, 0.3) is 0 Å². The Kier molecular flexibility index (Phi) is 13.6. The second-order valence-corrected chi connectivity index (χ2v) is 9.38. The zero-order valence-corrected chi connectivity index (χ0v) is 25.2. The van der Waals surface area contributed by atoms with Crippen molar-refractivity contribution in [1.29, 1.82) is 0 Å². The monoisotopic (exact) mass is 523 g/mol. The van der Waals surface area contributed by atoms with E-state index in [-0.39, 0.29) is 33.6 Å². The largest absolute Gasteiger partial charge is 0.196 e. The first kappa shape index (κ1) is 33.2. The van der Waals surface area contributed by atoms with Gasteiger partial charge in [-0.25, -0.2) is 0 Å². The SMILES string of the molecule is Cc1c(C)c(C)[c-](C)c1C.Cc1c(C)c(C)[c-](C)c1C.Cc1c(C)c(C)[c-](C)c1C.[Co].[Co]. The minimum absolute atomic E-state index is 0. The fraction of sp³-hybridized carbons (Fsp3) is 0.500. The van der Waals surface area contributed by atoms with Gasteiger partial charge in [0.2, 0.25) is 0 Å². The van der Waals surface area contributed by atoms with Crippen molar-refractivity contribution in [2.24, 2.45) is 0 Å². The minimum Gasteiger partial charge on any atom is -0.196 e. The molecule has 186 valence electrons. The van der Waals surface area contributed by atoms with E-state index in [1.54, 1.807) is 0 Å². The van der Waals surface area contributed by atoms with Crippen molar-refractivity contribution in [3.8, 4) is 0 Å². The van der Waals surface area contributed by atoms with Crippen molar-refractivity contribution < 1.29 is 33.6 Å². The summed E-state index contributed by atoms with van der Waals surface area (Å²) in [6.45, 7) is 33.0. The van der Waals surface area contributed by atoms with Gasteiger partial charge >= 0.3 is 0 Å². The molecule has 0 spiro atoms. The summed E-state index contributed by atoms with van der Waals surface area (Å²) >= 11 is 0. The normalized spacial score (nSPS) is 9.84. The molecule has 0 bridgehead atoms. The van der Waals surface area contributed by atoms with Crippen LogP contribution in [-0.4, -0.2) is 0 Å². The molecule has 2 radical (unpaired) electrons. The Morgan fingerprint density at radius 3 is 0.406 bits per heavy atom. The molecule has 0 aliphatic rings. The molecule has 0 heterocycles. The van der Waals surface area contributed by atoms with Gasteiger partial charge in [0, 0.05) is 33.6 Å². The quantitative estimate of drug-likeness (QED) is 0.258. The first-order chi connectivity index (χ1) is 13.7. The van der Waals surface area contributed by atoms with Crippen molar-refractivity contribution in [2.45, 2.75) is 104 Å². The molecule has 0 saturated carbocycles. The molecule has 0 nitrogen and oxygen atoms in total. The maximum atomic E-state index is 2.20. The van der Waals surface area contributed by atoms with Gasteiger partial charge in [-0.05, 0) is 0 Å². The summed E-state index contributed by atoms with van der Waals surface area (Å²) in [5.41, 5.74) is 22.0. The van der Waals surface area contributed by atoms with Gasteiger partial charge < -0.3 is 0 Å². The summed E-state index contributed by atoms with van der Waals surface area (Å²) in [6.07, 6.45) is 0. The van der Waals surface area contributed by atoms with Crippen LogP contribution in [0.5, 0.6) is 0 Å². The summed E-state index contributed by atoms with van der Waals surface area (Å²) in [6, 6.07) is 0. The van der Waals surface area contributed by atoms with Crippen LogP contribution in [0.3, 0.4) is 0 Å².